The van der Waals surface area contributed by atoms with Gasteiger partial charge in [-0.25, -0.2) is 4.79 Å². The number of aliphatic carboxylic acids is 1. The van der Waals surface area contributed by atoms with E-state index in [1.54, 1.807) is 0 Å². The minimum absolute atomic E-state index is 0.560. The van der Waals surface area contributed by atoms with E-state index in [9.17, 15) is 4.79 Å². The maximum absolute atomic E-state index is 10.9. The molecule has 1 unspecified atom stereocenters. The number of carboxylic acids is 1. The van der Waals surface area contributed by atoms with Crippen LogP contribution in [0.5, 0.6) is 0 Å². The van der Waals surface area contributed by atoms with Gasteiger partial charge < -0.3 is 9.84 Å². The Morgan fingerprint density at radius 2 is 2.06 bits per heavy atom. The molecule has 1 N–H and O–H groups in total. The molecule has 2 rings (SSSR count). The van der Waals surface area contributed by atoms with E-state index in [1.807, 2.05) is 0 Å². The summed E-state index contributed by atoms with van der Waals surface area (Å²) in [7, 11) is 0. The first-order valence-electron chi connectivity index (χ1n) is 6.79. The third kappa shape index (κ3) is 3.19. The molecule has 98 valence electrons. The van der Waals surface area contributed by atoms with Crippen LogP contribution in [0.15, 0.2) is 0 Å². The zero-order valence-electron chi connectivity index (χ0n) is 10.6. The predicted octanol–water partition coefficient (Wildman–Crippen LogP) is 1.74. The number of hydrogen-bond donors (Lipinski definition) is 1. The highest BCUT2D eigenvalue weighted by atomic mass is 16.5. The topological polar surface area (TPSA) is 49.8 Å². The Morgan fingerprint density at radius 1 is 1.35 bits per heavy atom. The highest BCUT2D eigenvalue weighted by molar-refractivity contribution is 5.72. The number of rotatable bonds is 3. The number of carboxylic acid groups (broad SMARTS) is 1. The second-order valence-electron chi connectivity index (χ2n) is 5.28. The van der Waals surface area contributed by atoms with Crippen molar-refractivity contribution in [1.82, 2.24) is 4.90 Å². The van der Waals surface area contributed by atoms with Crippen LogP contribution in [-0.2, 0) is 9.53 Å². The van der Waals surface area contributed by atoms with Crippen molar-refractivity contribution in [3.8, 4) is 0 Å². The summed E-state index contributed by atoms with van der Waals surface area (Å²) in [4.78, 5) is 13.3. The molecule has 0 radical (unpaired) electrons. The van der Waals surface area contributed by atoms with Gasteiger partial charge in [0.2, 0.25) is 0 Å². The van der Waals surface area contributed by atoms with Crippen molar-refractivity contribution in [3.05, 3.63) is 0 Å². The van der Waals surface area contributed by atoms with E-state index in [-0.39, 0.29) is 0 Å². The van der Waals surface area contributed by atoms with E-state index in [1.165, 1.54) is 32.1 Å². The molecule has 0 spiro atoms. The van der Waals surface area contributed by atoms with Crippen LogP contribution in [0, 0.1) is 5.92 Å². The lowest BCUT2D eigenvalue weighted by Gasteiger charge is -2.40. The van der Waals surface area contributed by atoms with Crippen molar-refractivity contribution in [2.24, 2.45) is 5.92 Å². The Kier molecular flexibility index (Phi) is 4.40. The third-order valence-corrected chi connectivity index (χ3v) is 4.28. The van der Waals surface area contributed by atoms with E-state index < -0.39 is 12.1 Å². The number of hydrogen-bond acceptors (Lipinski definition) is 3. The van der Waals surface area contributed by atoms with Crippen LogP contribution in [0.4, 0.5) is 0 Å². The minimum Gasteiger partial charge on any atom is -0.479 e. The summed E-state index contributed by atoms with van der Waals surface area (Å²) in [5.74, 6) is 0.0690. The molecule has 1 aliphatic carbocycles. The summed E-state index contributed by atoms with van der Waals surface area (Å²) in [6.07, 6.45) is 5.73. The summed E-state index contributed by atoms with van der Waals surface area (Å²) in [5, 5.41) is 8.98. The molecule has 2 aliphatic rings. The molecule has 2 fully saturated rings. The van der Waals surface area contributed by atoms with E-state index in [0.29, 0.717) is 19.2 Å². The maximum atomic E-state index is 10.9. The van der Waals surface area contributed by atoms with Gasteiger partial charge in [0.15, 0.2) is 6.10 Å². The van der Waals surface area contributed by atoms with Crippen molar-refractivity contribution >= 4 is 5.97 Å². The lowest BCUT2D eigenvalue weighted by molar-refractivity contribution is -0.157. The fourth-order valence-electron chi connectivity index (χ4n) is 3.07. The van der Waals surface area contributed by atoms with Crippen molar-refractivity contribution < 1.29 is 14.6 Å². The van der Waals surface area contributed by atoms with Gasteiger partial charge in [-0.3, -0.25) is 4.90 Å². The quantitative estimate of drug-likeness (QED) is 0.817. The highest BCUT2D eigenvalue weighted by Gasteiger charge is 2.32. The summed E-state index contributed by atoms with van der Waals surface area (Å²) >= 11 is 0. The van der Waals surface area contributed by atoms with E-state index in [0.717, 1.165) is 12.5 Å². The van der Waals surface area contributed by atoms with Crippen LogP contribution in [0.3, 0.4) is 0 Å². The largest absolute Gasteiger partial charge is 0.479 e. The Balaban J connectivity index is 1.84. The molecule has 1 aliphatic heterocycles. The van der Waals surface area contributed by atoms with Crippen LogP contribution in [-0.4, -0.2) is 47.8 Å². The van der Waals surface area contributed by atoms with Crippen LogP contribution in [0.2, 0.25) is 0 Å². The average Bonchev–Trinajstić information content (AvgIpc) is 2.39. The Labute approximate surface area is 103 Å². The SMILES string of the molecule is CCC1CCC(N2CCOC(C(=O)O)C2)CC1. The second kappa shape index (κ2) is 5.83. The molecule has 1 atom stereocenters. The van der Waals surface area contributed by atoms with Crippen LogP contribution >= 0.6 is 0 Å². The normalized spacial score (nSPS) is 35.7. The molecule has 0 bridgehead atoms. The van der Waals surface area contributed by atoms with Gasteiger partial charge in [0.05, 0.1) is 6.61 Å². The maximum Gasteiger partial charge on any atom is 0.334 e. The lowest BCUT2D eigenvalue weighted by Crippen LogP contribution is -2.51. The molecular formula is C13H23NO3. The summed E-state index contributed by atoms with van der Waals surface area (Å²) in [5.41, 5.74) is 0. The fraction of sp³-hybridized carbons (Fsp3) is 0.923. The first kappa shape index (κ1) is 12.8. The Bertz CT molecular complexity index is 261. The first-order valence-corrected chi connectivity index (χ1v) is 6.79. The van der Waals surface area contributed by atoms with E-state index >= 15 is 0 Å². The van der Waals surface area contributed by atoms with Gasteiger partial charge in [0.25, 0.3) is 0 Å². The van der Waals surface area contributed by atoms with E-state index in [4.69, 9.17) is 9.84 Å². The predicted molar refractivity (Wildman–Crippen MR) is 65.0 cm³/mol. The number of ether oxygens (including phenoxy) is 1. The van der Waals surface area contributed by atoms with Gasteiger partial charge in [-0.15, -0.1) is 0 Å². The first-order chi connectivity index (χ1) is 8.20. The monoisotopic (exact) mass is 241 g/mol. The standard InChI is InChI=1S/C13H23NO3/c1-2-10-3-5-11(6-4-10)14-7-8-17-12(9-14)13(15)16/h10-12H,2-9H2,1H3,(H,15,16). The number of nitrogens with zero attached hydrogens (tertiary/aromatic N) is 1. The van der Waals surface area contributed by atoms with Gasteiger partial charge in [-0.1, -0.05) is 13.3 Å². The van der Waals surface area contributed by atoms with Gasteiger partial charge in [-0.05, 0) is 31.6 Å². The smallest absolute Gasteiger partial charge is 0.334 e. The number of morpholine rings is 1. The Morgan fingerprint density at radius 3 is 2.65 bits per heavy atom. The van der Waals surface area contributed by atoms with Crippen LogP contribution < -0.4 is 0 Å². The molecule has 0 amide bonds. The summed E-state index contributed by atoms with van der Waals surface area (Å²) < 4.78 is 5.26. The van der Waals surface area contributed by atoms with Gasteiger partial charge in [0, 0.05) is 19.1 Å². The molecular weight excluding hydrogens is 218 g/mol. The average molecular weight is 241 g/mol. The molecule has 0 aromatic heterocycles. The zero-order valence-corrected chi connectivity index (χ0v) is 10.6. The highest BCUT2D eigenvalue weighted by Crippen LogP contribution is 2.30. The fourth-order valence-corrected chi connectivity index (χ4v) is 3.07. The van der Waals surface area contributed by atoms with Crippen molar-refractivity contribution in [2.45, 2.75) is 51.2 Å². The van der Waals surface area contributed by atoms with Crippen LogP contribution in [0.1, 0.15) is 39.0 Å². The van der Waals surface area contributed by atoms with Crippen molar-refractivity contribution in [3.63, 3.8) is 0 Å². The molecule has 0 aromatic carbocycles. The van der Waals surface area contributed by atoms with Crippen molar-refractivity contribution in [2.75, 3.05) is 19.7 Å². The van der Waals surface area contributed by atoms with E-state index in [2.05, 4.69) is 11.8 Å². The molecule has 0 aromatic rings. The zero-order chi connectivity index (χ0) is 12.3. The van der Waals surface area contributed by atoms with Gasteiger partial charge >= 0.3 is 5.97 Å². The molecule has 4 heteroatoms. The van der Waals surface area contributed by atoms with Crippen LogP contribution in [0.25, 0.3) is 0 Å². The molecule has 1 saturated carbocycles. The molecule has 4 nitrogen and oxygen atoms in total. The number of carbonyl (C=O) groups is 1. The third-order valence-electron chi connectivity index (χ3n) is 4.28. The Hall–Kier alpha value is -0.610. The van der Waals surface area contributed by atoms with Gasteiger partial charge in [-0.2, -0.15) is 0 Å². The second-order valence-corrected chi connectivity index (χ2v) is 5.28. The summed E-state index contributed by atoms with van der Waals surface area (Å²) in [6.45, 7) is 4.28. The molecule has 1 heterocycles. The molecule has 17 heavy (non-hydrogen) atoms. The molecule has 1 saturated heterocycles. The van der Waals surface area contributed by atoms with Crippen molar-refractivity contribution in [1.29, 1.82) is 0 Å². The van der Waals surface area contributed by atoms with Gasteiger partial charge in [0.1, 0.15) is 0 Å². The summed E-state index contributed by atoms with van der Waals surface area (Å²) in [6, 6.07) is 0.587. The minimum atomic E-state index is -0.822. The lowest BCUT2D eigenvalue weighted by atomic mass is 9.84.